The Morgan fingerprint density at radius 1 is 0.900 bits per heavy atom. The molecule has 3 heterocycles. The van der Waals surface area contributed by atoms with Crippen molar-refractivity contribution < 1.29 is 14.4 Å². The van der Waals surface area contributed by atoms with Crippen molar-refractivity contribution >= 4 is 40.1 Å². The maximum absolute atomic E-state index is 12.7. The molecule has 1 saturated heterocycles. The van der Waals surface area contributed by atoms with Crippen molar-refractivity contribution in [1.29, 1.82) is 0 Å². The van der Waals surface area contributed by atoms with Gasteiger partial charge < -0.3 is 9.88 Å². The van der Waals surface area contributed by atoms with Crippen LogP contribution in [0.15, 0.2) is 42.5 Å². The lowest BCUT2D eigenvalue weighted by atomic mass is 10.1. The summed E-state index contributed by atoms with van der Waals surface area (Å²) in [5.74, 6) is 0.460. The fraction of sp³-hybridized carbons (Fsp3) is 0.304. The first-order chi connectivity index (χ1) is 14.6. The van der Waals surface area contributed by atoms with Crippen LogP contribution < -0.4 is 10.2 Å². The number of anilines is 2. The summed E-state index contributed by atoms with van der Waals surface area (Å²) in [4.78, 5) is 42.3. The number of aryl methyl sites for hydroxylation is 2. The van der Waals surface area contributed by atoms with Gasteiger partial charge in [0.25, 0.3) is 5.91 Å². The van der Waals surface area contributed by atoms with E-state index in [1.807, 2.05) is 18.2 Å². The Morgan fingerprint density at radius 2 is 1.67 bits per heavy atom. The van der Waals surface area contributed by atoms with Crippen LogP contribution in [0.2, 0.25) is 0 Å². The highest BCUT2D eigenvalue weighted by molar-refractivity contribution is 6.20. The number of carbonyl (C=O) groups excluding carboxylic acids is 3. The lowest BCUT2D eigenvalue weighted by Gasteiger charge is -2.14. The summed E-state index contributed by atoms with van der Waals surface area (Å²) in [5, 5.41) is 2.91. The molecule has 2 aromatic carbocycles. The largest absolute Gasteiger partial charge is 0.328 e. The Morgan fingerprint density at radius 3 is 2.43 bits per heavy atom. The van der Waals surface area contributed by atoms with Crippen LogP contribution in [0.25, 0.3) is 11.0 Å². The lowest BCUT2D eigenvalue weighted by molar-refractivity contribution is -0.121. The van der Waals surface area contributed by atoms with Crippen molar-refractivity contribution in [3.05, 3.63) is 53.9 Å². The Hall–Kier alpha value is -3.48. The van der Waals surface area contributed by atoms with Crippen LogP contribution in [0, 0.1) is 0 Å². The van der Waals surface area contributed by atoms with Crippen LogP contribution in [-0.4, -0.2) is 27.3 Å². The molecular weight excluding hydrogens is 380 g/mol. The zero-order chi connectivity index (χ0) is 20.7. The van der Waals surface area contributed by atoms with E-state index in [1.54, 1.807) is 24.3 Å². The third kappa shape index (κ3) is 3.26. The van der Waals surface area contributed by atoms with Crippen molar-refractivity contribution in [2.24, 2.45) is 0 Å². The normalized spacial score (nSPS) is 16.6. The Bertz CT molecular complexity index is 1150. The summed E-state index contributed by atoms with van der Waals surface area (Å²) < 4.78 is 2.29. The van der Waals surface area contributed by atoms with Gasteiger partial charge in [-0.05, 0) is 55.3 Å². The monoisotopic (exact) mass is 402 g/mol. The van der Waals surface area contributed by atoms with E-state index in [1.165, 1.54) is 17.7 Å². The fourth-order valence-corrected chi connectivity index (χ4v) is 4.26. The topological polar surface area (TPSA) is 84.3 Å². The molecule has 0 bridgehead atoms. The molecule has 5 rings (SSSR count). The van der Waals surface area contributed by atoms with Crippen LogP contribution in [0.3, 0.4) is 0 Å². The van der Waals surface area contributed by atoms with Gasteiger partial charge in [-0.3, -0.25) is 19.3 Å². The summed E-state index contributed by atoms with van der Waals surface area (Å²) in [6.07, 6.45) is 5.03. The Labute approximate surface area is 173 Å². The Balaban J connectivity index is 1.34. The highest BCUT2D eigenvalue weighted by atomic mass is 16.2. The van der Waals surface area contributed by atoms with E-state index in [2.05, 4.69) is 9.88 Å². The van der Waals surface area contributed by atoms with Crippen LogP contribution in [0.5, 0.6) is 0 Å². The van der Waals surface area contributed by atoms with Gasteiger partial charge in [0.15, 0.2) is 0 Å². The van der Waals surface area contributed by atoms with Crippen LogP contribution in [0.1, 0.15) is 48.3 Å². The van der Waals surface area contributed by atoms with E-state index in [0.29, 0.717) is 16.9 Å². The van der Waals surface area contributed by atoms with E-state index < -0.39 is 0 Å². The molecule has 152 valence electrons. The van der Waals surface area contributed by atoms with Gasteiger partial charge in [0.1, 0.15) is 5.82 Å². The molecule has 1 fully saturated rings. The quantitative estimate of drug-likeness (QED) is 0.678. The number of carbonyl (C=O) groups is 3. The van der Waals surface area contributed by atoms with Gasteiger partial charge in [0.05, 0.1) is 16.7 Å². The number of rotatable bonds is 3. The standard InChI is InChI=1S/C23H22N4O3/c28-21-11-12-22(29)27(21)17-8-5-15(6-9-17)23(30)24-16-7-10-19-18(14-16)25-20-4-2-1-3-13-26(19)20/h5-10,14H,1-4,11-13H2,(H,24,30). The van der Waals surface area contributed by atoms with E-state index in [0.717, 1.165) is 36.2 Å². The molecule has 0 spiro atoms. The molecule has 1 aromatic heterocycles. The number of aromatic nitrogens is 2. The molecule has 0 aliphatic carbocycles. The smallest absolute Gasteiger partial charge is 0.255 e. The molecule has 0 saturated carbocycles. The van der Waals surface area contributed by atoms with Gasteiger partial charge in [0.2, 0.25) is 11.8 Å². The van der Waals surface area contributed by atoms with Crippen molar-refractivity contribution in [3.63, 3.8) is 0 Å². The molecular formula is C23H22N4O3. The second kappa shape index (κ2) is 7.40. The first-order valence-corrected chi connectivity index (χ1v) is 10.4. The maximum atomic E-state index is 12.7. The number of fused-ring (bicyclic) bond motifs is 3. The number of hydrogen-bond donors (Lipinski definition) is 1. The SMILES string of the molecule is O=C(Nc1ccc2c(c1)nc1n2CCCCC1)c1ccc(N2C(=O)CCC2=O)cc1. The number of amides is 3. The van der Waals surface area contributed by atoms with Gasteiger partial charge in [-0.25, -0.2) is 4.98 Å². The van der Waals surface area contributed by atoms with Gasteiger partial charge in [-0.1, -0.05) is 6.42 Å². The predicted molar refractivity (Wildman–Crippen MR) is 113 cm³/mol. The average molecular weight is 402 g/mol. The molecule has 3 aromatic rings. The molecule has 30 heavy (non-hydrogen) atoms. The molecule has 0 atom stereocenters. The minimum atomic E-state index is -0.249. The molecule has 3 amide bonds. The molecule has 0 radical (unpaired) electrons. The zero-order valence-electron chi connectivity index (χ0n) is 16.6. The summed E-state index contributed by atoms with van der Waals surface area (Å²) >= 11 is 0. The van der Waals surface area contributed by atoms with Gasteiger partial charge in [0, 0.05) is 37.1 Å². The fourth-order valence-electron chi connectivity index (χ4n) is 4.26. The summed E-state index contributed by atoms with van der Waals surface area (Å²) in [6.45, 7) is 0.992. The average Bonchev–Trinajstić information content (AvgIpc) is 3.16. The highest BCUT2D eigenvalue weighted by Crippen LogP contribution is 2.26. The number of imidazole rings is 1. The summed E-state index contributed by atoms with van der Waals surface area (Å²) in [7, 11) is 0. The van der Waals surface area contributed by atoms with E-state index in [9.17, 15) is 14.4 Å². The van der Waals surface area contributed by atoms with Crippen molar-refractivity contribution in [3.8, 4) is 0 Å². The van der Waals surface area contributed by atoms with Crippen molar-refractivity contribution in [2.75, 3.05) is 10.2 Å². The number of benzene rings is 2. The first kappa shape index (κ1) is 18.5. The van der Waals surface area contributed by atoms with Crippen molar-refractivity contribution in [2.45, 2.75) is 45.1 Å². The van der Waals surface area contributed by atoms with E-state index in [-0.39, 0.29) is 30.6 Å². The number of nitrogens with one attached hydrogen (secondary N) is 1. The lowest BCUT2D eigenvalue weighted by Crippen LogP contribution is -2.28. The Kier molecular flexibility index (Phi) is 4.58. The van der Waals surface area contributed by atoms with E-state index >= 15 is 0 Å². The molecule has 2 aliphatic heterocycles. The predicted octanol–water partition coefficient (Wildman–Crippen LogP) is 3.67. The number of imide groups is 1. The second-order valence-corrected chi connectivity index (χ2v) is 7.82. The summed E-state index contributed by atoms with van der Waals surface area (Å²) in [6, 6.07) is 12.3. The highest BCUT2D eigenvalue weighted by Gasteiger charge is 2.30. The van der Waals surface area contributed by atoms with Gasteiger partial charge in [-0.15, -0.1) is 0 Å². The van der Waals surface area contributed by atoms with Crippen molar-refractivity contribution in [1.82, 2.24) is 9.55 Å². The van der Waals surface area contributed by atoms with Crippen LogP contribution in [0.4, 0.5) is 11.4 Å². The maximum Gasteiger partial charge on any atom is 0.255 e. The molecule has 7 heteroatoms. The van der Waals surface area contributed by atoms with Crippen LogP contribution in [-0.2, 0) is 22.6 Å². The second-order valence-electron chi connectivity index (χ2n) is 7.82. The van der Waals surface area contributed by atoms with E-state index in [4.69, 9.17) is 4.98 Å². The minimum Gasteiger partial charge on any atom is -0.328 e. The molecule has 1 N–H and O–H groups in total. The minimum absolute atomic E-state index is 0.205. The summed E-state index contributed by atoms with van der Waals surface area (Å²) in [5.41, 5.74) is 3.65. The molecule has 2 aliphatic rings. The van der Waals surface area contributed by atoms with Gasteiger partial charge >= 0.3 is 0 Å². The third-order valence-electron chi connectivity index (χ3n) is 5.81. The first-order valence-electron chi connectivity index (χ1n) is 10.4. The zero-order valence-corrected chi connectivity index (χ0v) is 16.6. The number of nitrogens with zero attached hydrogens (tertiary/aromatic N) is 3. The van der Waals surface area contributed by atoms with Crippen LogP contribution >= 0.6 is 0 Å². The number of hydrogen-bond acceptors (Lipinski definition) is 4. The third-order valence-corrected chi connectivity index (χ3v) is 5.81. The van der Waals surface area contributed by atoms with Gasteiger partial charge in [-0.2, -0.15) is 0 Å². The molecule has 7 nitrogen and oxygen atoms in total. The molecule has 0 unspecified atom stereocenters.